The molecule has 2 rings (SSSR count). The van der Waals surface area contributed by atoms with Crippen LogP contribution in [-0.4, -0.2) is 44.3 Å². The van der Waals surface area contributed by atoms with Crippen molar-refractivity contribution in [2.75, 3.05) is 18.1 Å². The Morgan fingerprint density at radius 3 is 2.54 bits per heavy atom. The molecule has 7 heteroatoms. The maximum atomic E-state index is 12.0. The molecule has 1 aliphatic rings. The van der Waals surface area contributed by atoms with Gasteiger partial charge in [-0.25, -0.2) is 8.42 Å². The molecule has 2 amide bonds. The Morgan fingerprint density at radius 2 is 1.96 bits per heavy atom. The summed E-state index contributed by atoms with van der Waals surface area (Å²) in [6.45, 7) is 1.79. The van der Waals surface area contributed by atoms with E-state index in [1.54, 1.807) is 0 Å². The topological polar surface area (TPSA) is 92.3 Å². The van der Waals surface area contributed by atoms with E-state index in [2.05, 4.69) is 10.6 Å². The van der Waals surface area contributed by atoms with E-state index in [0.29, 0.717) is 12.8 Å². The van der Waals surface area contributed by atoms with Crippen molar-refractivity contribution >= 4 is 27.2 Å². The van der Waals surface area contributed by atoms with Gasteiger partial charge in [-0.2, -0.15) is 0 Å². The average Bonchev–Trinajstić information content (AvgIpc) is 2.90. The van der Waals surface area contributed by atoms with Gasteiger partial charge in [0.25, 0.3) is 0 Å². The predicted molar refractivity (Wildman–Crippen MR) is 92.9 cm³/mol. The van der Waals surface area contributed by atoms with Gasteiger partial charge in [-0.15, -0.1) is 0 Å². The van der Waals surface area contributed by atoms with Crippen LogP contribution in [0.25, 0.3) is 5.57 Å². The monoisotopic (exact) mass is 350 g/mol. The van der Waals surface area contributed by atoms with E-state index < -0.39 is 9.84 Å². The number of rotatable bonds is 6. The van der Waals surface area contributed by atoms with Crippen molar-refractivity contribution in [2.24, 2.45) is 0 Å². The van der Waals surface area contributed by atoms with Crippen molar-refractivity contribution in [3.63, 3.8) is 0 Å². The van der Waals surface area contributed by atoms with Crippen molar-refractivity contribution in [1.82, 2.24) is 10.6 Å². The molecule has 0 bridgehead atoms. The smallest absolute Gasteiger partial charge is 0.244 e. The fourth-order valence-corrected chi connectivity index (χ4v) is 4.28. The molecule has 0 aromatic heterocycles. The molecular weight excluding hydrogens is 328 g/mol. The van der Waals surface area contributed by atoms with Crippen molar-refractivity contribution in [3.8, 4) is 0 Å². The third kappa shape index (κ3) is 5.49. The number of carbonyl (C=O) groups is 2. The molecule has 1 heterocycles. The van der Waals surface area contributed by atoms with Gasteiger partial charge < -0.3 is 10.6 Å². The SMILES string of the molecule is CC/C(=C\C(=O)NCC(=O)NC1CCS(=O)(=O)C1)c1ccccc1. The van der Waals surface area contributed by atoms with Gasteiger partial charge in [0.05, 0.1) is 18.1 Å². The molecule has 1 unspecified atom stereocenters. The van der Waals surface area contributed by atoms with Crippen LogP contribution < -0.4 is 10.6 Å². The molecule has 24 heavy (non-hydrogen) atoms. The summed E-state index contributed by atoms with van der Waals surface area (Å²) in [5.41, 5.74) is 1.85. The number of allylic oxidation sites excluding steroid dienone is 1. The molecule has 0 saturated carbocycles. The van der Waals surface area contributed by atoms with Crippen LogP contribution in [0.1, 0.15) is 25.3 Å². The Labute approximate surface area is 142 Å². The van der Waals surface area contributed by atoms with Crippen LogP contribution in [0.3, 0.4) is 0 Å². The van der Waals surface area contributed by atoms with Crippen LogP contribution in [0.2, 0.25) is 0 Å². The Balaban J connectivity index is 1.84. The zero-order valence-corrected chi connectivity index (χ0v) is 14.4. The van der Waals surface area contributed by atoms with Gasteiger partial charge in [-0.3, -0.25) is 9.59 Å². The number of hydrogen-bond acceptors (Lipinski definition) is 4. The number of amides is 2. The fourth-order valence-electron chi connectivity index (χ4n) is 2.61. The molecule has 1 fully saturated rings. The summed E-state index contributed by atoms with van der Waals surface area (Å²) < 4.78 is 22.7. The van der Waals surface area contributed by atoms with Gasteiger partial charge in [-0.1, -0.05) is 37.3 Å². The maximum absolute atomic E-state index is 12.0. The quantitative estimate of drug-likeness (QED) is 0.746. The highest BCUT2D eigenvalue weighted by molar-refractivity contribution is 7.91. The summed E-state index contributed by atoms with van der Waals surface area (Å²) in [4.78, 5) is 23.8. The van der Waals surface area contributed by atoms with Crippen molar-refractivity contribution in [2.45, 2.75) is 25.8 Å². The summed E-state index contributed by atoms with van der Waals surface area (Å²) >= 11 is 0. The van der Waals surface area contributed by atoms with Crippen molar-refractivity contribution < 1.29 is 18.0 Å². The molecule has 0 radical (unpaired) electrons. The first-order chi connectivity index (χ1) is 11.4. The second-order valence-electron chi connectivity index (χ2n) is 5.77. The molecule has 2 N–H and O–H groups in total. The summed E-state index contributed by atoms with van der Waals surface area (Å²) in [6.07, 6.45) is 2.61. The van der Waals surface area contributed by atoms with Crippen LogP contribution in [0.4, 0.5) is 0 Å². The molecule has 1 aliphatic heterocycles. The largest absolute Gasteiger partial charge is 0.351 e. The summed E-state index contributed by atoms with van der Waals surface area (Å²) in [6, 6.07) is 9.21. The van der Waals surface area contributed by atoms with Gasteiger partial charge in [0.2, 0.25) is 11.8 Å². The summed E-state index contributed by atoms with van der Waals surface area (Å²) in [7, 11) is -3.03. The van der Waals surface area contributed by atoms with Crippen LogP contribution in [0.15, 0.2) is 36.4 Å². The highest BCUT2D eigenvalue weighted by Gasteiger charge is 2.28. The van der Waals surface area contributed by atoms with E-state index in [4.69, 9.17) is 0 Å². The van der Waals surface area contributed by atoms with Crippen molar-refractivity contribution in [3.05, 3.63) is 42.0 Å². The van der Waals surface area contributed by atoms with Gasteiger partial charge in [0, 0.05) is 12.1 Å². The average molecular weight is 350 g/mol. The number of nitrogens with one attached hydrogen (secondary N) is 2. The van der Waals surface area contributed by atoms with Gasteiger partial charge in [-0.05, 0) is 24.0 Å². The van der Waals surface area contributed by atoms with Gasteiger partial charge in [0.15, 0.2) is 9.84 Å². The van der Waals surface area contributed by atoms with E-state index in [0.717, 1.165) is 11.1 Å². The molecule has 1 saturated heterocycles. The van der Waals surface area contributed by atoms with Gasteiger partial charge in [0.1, 0.15) is 0 Å². The zero-order chi connectivity index (χ0) is 17.6. The van der Waals surface area contributed by atoms with Crippen LogP contribution in [0.5, 0.6) is 0 Å². The predicted octanol–water partition coefficient (Wildman–Crippen LogP) is 0.900. The zero-order valence-electron chi connectivity index (χ0n) is 13.6. The van der Waals surface area contributed by atoms with Crippen LogP contribution in [0, 0.1) is 0 Å². The Morgan fingerprint density at radius 1 is 1.25 bits per heavy atom. The lowest BCUT2D eigenvalue weighted by molar-refractivity contribution is -0.124. The number of sulfone groups is 1. The van der Waals surface area contributed by atoms with E-state index in [1.165, 1.54) is 6.08 Å². The van der Waals surface area contributed by atoms with E-state index in [9.17, 15) is 18.0 Å². The minimum absolute atomic E-state index is 0.0272. The molecular formula is C17H22N2O4S. The lowest BCUT2D eigenvalue weighted by atomic mass is 10.0. The van der Waals surface area contributed by atoms with E-state index in [-0.39, 0.29) is 35.9 Å². The number of benzene rings is 1. The minimum Gasteiger partial charge on any atom is -0.351 e. The lowest BCUT2D eigenvalue weighted by Crippen LogP contribution is -2.42. The fraction of sp³-hybridized carbons (Fsp3) is 0.412. The molecule has 1 aromatic carbocycles. The Hall–Kier alpha value is -2.15. The number of carbonyl (C=O) groups excluding carboxylic acids is 2. The Kier molecular flexibility index (Phi) is 6.14. The second-order valence-corrected chi connectivity index (χ2v) is 8.00. The molecule has 0 spiro atoms. The first-order valence-electron chi connectivity index (χ1n) is 7.93. The second kappa shape index (κ2) is 8.10. The standard InChI is InChI=1S/C17H22N2O4S/c1-2-13(14-6-4-3-5-7-14)10-16(20)18-11-17(21)19-15-8-9-24(22,23)12-15/h3-7,10,15H,2,8-9,11-12H2,1H3,(H,18,20)(H,19,21)/b13-10+. The van der Waals surface area contributed by atoms with Gasteiger partial charge >= 0.3 is 0 Å². The third-order valence-electron chi connectivity index (χ3n) is 3.85. The summed E-state index contributed by atoms with van der Waals surface area (Å²) in [5, 5.41) is 5.17. The van der Waals surface area contributed by atoms with Crippen LogP contribution >= 0.6 is 0 Å². The first kappa shape index (κ1) is 18.2. The lowest BCUT2D eigenvalue weighted by Gasteiger charge is -2.11. The van der Waals surface area contributed by atoms with Crippen LogP contribution in [-0.2, 0) is 19.4 Å². The molecule has 1 aromatic rings. The molecule has 130 valence electrons. The third-order valence-corrected chi connectivity index (χ3v) is 5.62. The molecule has 0 aliphatic carbocycles. The van der Waals surface area contributed by atoms with E-state index in [1.807, 2.05) is 37.3 Å². The Bertz CT molecular complexity index is 726. The number of hydrogen-bond donors (Lipinski definition) is 2. The van der Waals surface area contributed by atoms with E-state index >= 15 is 0 Å². The molecule has 1 atom stereocenters. The molecule has 6 nitrogen and oxygen atoms in total. The highest BCUT2D eigenvalue weighted by Crippen LogP contribution is 2.17. The van der Waals surface area contributed by atoms with Crippen molar-refractivity contribution in [1.29, 1.82) is 0 Å². The maximum Gasteiger partial charge on any atom is 0.244 e. The summed E-state index contributed by atoms with van der Waals surface area (Å²) in [5.74, 6) is -0.647. The highest BCUT2D eigenvalue weighted by atomic mass is 32.2. The first-order valence-corrected chi connectivity index (χ1v) is 9.75. The minimum atomic E-state index is -3.03. The normalized spacial score (nSPS) is 19.7.